The SMILES string of the molecule is CC(C)Oc1ccc(CNCC(=O)Nc2cccc(C(=O)N3CCCC3)c2)cc1. The van der Waals surface area contributed by atoms with E-state index in [1.54, 1.807) is 24.3 Å². The molecule has 0 atom stereocenters. The second-order valence-electron chi connectivity index (χ2n) is 7.54. The monoisotopic (exact) mass is 395 g/mol. The Morgan fingerprint density at radius 1 is 1.07 bits per heavy atom. The van der Waals surface area contributed by atoms with E-state index in [4.69, 9.17) is 4.74 Å². The molecule has 1 fully saturated rings. The number of rotatable bonds is 8. The fourth-order valence-electron chi connectivity index (χ4n) is 3.32. The zero-order valence-corrected chi connectivity index (χ0v) is 17.1. The Morgan fingerprint density at radius 3 is 2.48 bits per heavy atom. The molecule has 29 heavy (non-hydrogen) atoms. The van der Waals surface area contributed by atoms with Crippen molar-refractivity contribution in [3.63, 3.8) is 0 Å². The number of hydrogen-bond acceptors (Lipinski definition) is 4. The van der Waals surface area contributed by atoms with Crippen LogP contribution in [0.5, 0.6) is 5.75 Å². The van der Waals surface area contributed by atoms with Crippen LogP contribution in [0.25, 0.3) is 0 Å². The van der Waals surface area contributed by atoms with E-state index < -0.39 is 0 Å². The first-order valence-corrected chi connectivity index (χ1v) is 10.2. The highest BCUT2D eigenvalue weighted by atomic mass is 16.5. The molecule has 0 aliphatic carbocycles. The molecule has 0 radical (unpaired) electrons. The van der Waals surface area contributed by atoms with E-state index >= 15 is 0 Å². The summed E-state index contributed by atoms with van der Waals surface area (Å²) < 4.78 is 5.63. The maximum absolute atomic E-state index is 12.5. The van der Waals surface area contributed by atoms with Crippen molar-refractivity contribution in [1.82, 2.24) is 10.2 Å². The molecule has 0 saturated carbocycles. The van der Waals surface area contributed by atoms with Crippen LogP contribution in [-0.2, 0) is 11.3 Å². The summed E-state index contributed by atoms with van der Waals surface area (Å²) in [6.45, 7) is 6.38. The molecular weight excluding hydrogens is 366 g/mol. The van der Waals surface area contributed by atoms with E-state index in [-0.39, 0.29) is 24.5 Å². The first-order valence-electron chi connectivity index (χ1n) is 10.2. The molecule has 3 rings (SSSR count). The Balaban J connectivity index is 1.46. The normalized spacial score (nSPS) is 13.6. The summed E-state index contributed by atoms with van der Waals surface area (Å²) in [6.07, 6.45) is 2.26. The number of benzene rings is 2. The van der Waals surface area contributed by atoms with E-state index in [0.29, 0.717) is 17.8 Å². The van der Waals surface area contributed by atoms with E-state index in [0.717, 1.165) is 37.2 Å². The van der Waals surface area contributed by atoms with Gasteiger partial charge >= 0.3 is 0 Å². The van der Waals surface area contributed by atoms with Crippen molar-refractivity contribution < 1.29 is 14.3 Å². The van der Waals surface area contributed by atoms with Gasteiger partial charge < -0.3 is 20.3 Å². The molecule has 2 amide bonds. The number of ether oxygens (including phenoxy) is 1. The highest BCUT2D eigenvalue weighted by Crippen LogP contribution is 2.16. The van der Waals surface area contributed by atoms with Gasteiger partial charge in [0.2, 0.25) is 5.91 Å². The Hall–Kier alpha value is -2.86. The summed E-state index contributed by atoms with van der Waals surface area (Å²) in [5.41, 5.74) is 2.32. The minimum atomic E-state index is -0.143. The molecule has 1 aliphatic rings. The van der Waals surface area contributed by atoms with Crippen LogP contribution in [0.4, 0.5) is 5.69 Å². The predicted octanol–water partition coefficient (Wildman–Crippen LogP) is 3.44. The molecule has 1 aliphatic heterocycles. The number of amides is 2. The second kappa shape index (κ2) is 10.1. The molecule has 0 unspecified atom stereocenters. The first kappa shape index (κ1) is 20.9. The van der Waals surface area contributed by atoms with Crippen molar-refractivity contribution in [3.05, 3.63) is 59.7 Å². The Kier molecular flexibility index (Phi) is 7.25. The standard InChI is InChI=1S/C23H29N3O3/c1-17(2)29-21-10-8-18(9-11-21)15-24-16-22(27)25-20-7-5-6-19(14-20)23(28)26-12-3-4-13-26/h5-11,14,17,24H,3-4,12-13,15-16H2,1-2H3,(H,25,27). The van der Waals surface area contributed by atoms with Gasteiger partial charge in [0, 0.05) is 30.9 Å². The topological polar surface area (TPSA) is 70.7 Å². The average molecular weight is 396 g/mol. The summed E-state index contributed by atoms with van der Waals surface area (Å²) >= 11 is 0. The lowest BCUT2D eigenvalue weighted by Gasteiger charge is -2.16. The van der Waals surface area contributed by atoms with Gasteiger partial charge in [0.15, 0.2) is 0 Å². The average Bonchev–Trinajstić information content (AvgIpc) is 3.23. The zero-order valence-electron chi connectivity index (χ0n) is 17.1. The Labute approximate surface area is 172 Å². The fraction of sp³-hybridized carbons (Fsp3) is 0.391. The van der Waals surface area contributed by atoms with Crippen LogP contribution in [0, 0.1) is 0 Å². The molecule has 2 aromatic carbocycles. The molecular formula is C23H29N3O3. The van der Waals surface area contributed by atoms with Crippen LogP contribution in [-0.4, -0.2) is 42.5 Å². The number of nitrogens with zero attached hydrogens (tertiary/aromatic N) is 1. The number of carbonyl (C=O) groups is 2. The lowest BCUT2D eigenvalue weighted by molar-refractivity contribution is -0.115. The van der Waals surface area contributed by atoms with E-state index in [1.807, 2.05) is 43.0 Å². The molecule has 154 valence electrons. The van der Waals surface area contributed by atoms with Crippen molar-refractivity contribution in [1.29, 1.82) is 0 Å². The summed E-state index contributed by atoms with van der Waals surface area (Å²) in [7, 11) is 0. The summed E-state index contributed by atoms with van der Waals surface area (Å²) in [5, 5.41) is 5.99. The lowest BCUT2D eigenvalue weighted by Crippen LogP contribution is -2.29. The van der Waals surface area contributed by atoms with Crippen molar-refractivity contribution >= 4 is 17.5 Å². The van der Waals surface area contributed by atoms with Gasteiger partial charge in [0.1, 0.15) is 5.75 Å². The van der Waals surface area contributed by atoms with Crippen molar-refractivity contribution in [3.8, 4) is 5.75 Å². The number of likely N-dealkylation sites (tertiary alicyclic amines) is 1. The predicted molar refractivity (Wildman–Crippen MR) is 114 cm³/mol. The molecule has 0 bridgehead atoms. The molecule has 6 heteroatoms. The highest BCUT2D eigenvalue weighted by molar-refractivity contribution is 5.97. The number of carbonyl (C=O) groups excluding carboxylic acids is 2. The molecule has 6 nitrogen and oxygen atoms in total. The van der Waals surface area contributed by atoms with Crippen LogP contribution < -0.4 is 15.4 Å². The van der Waals surface area contributed by atoms with Gasteiger partial charge in [0.05, 0.1) is 12.6 Å². The van der Waals surface area contributed by atoms with Crippen molar-refractivity contribution in [2.45, 2.75) is 39.3 Å². The third-order valence-corrected chi connectivity index (χ3v) is 4.70. The van der Waals surface area contributed by atoms with Gasteiger partial charge in [0.25, 0.3) is 5.91 Å². The van der Waals surface area contributed by atoms with Crippen LogP contribution in [0.2, 0.25) is 0 Å². The van der Waals surface area contributed by atoms with Gasteiger partial charge in [-0.2, -0.15) is 0 Å². The summed E-state index contributed by atoms with van der Waals surface area (Å²) in [5.74, 6) is 0.724. The quantitative estimate of drug-likeness (QED) is 0.718. The van der Waals surface area contributed by atoms with Gasteiger partial charge in [-0.25, -0.2) is 0 Å². The largest absolute Gasteiger partial charge is 0.491 e. The zero-order chi connectivity index (χ0) is 20.6. The lowest BCUT2D eigenvalue weighted by atomic mass is 10.1. The Bertz CT molecular complexity index is 828. The smallest absolute Gasteiger partial charge is 0.253 e. The first-order chi connectivity index (χ1) is 14.0. The van der Waals surface area contributed by atoms with Crippen LogP contribution in [0.1, 0.15) is 42.6 Å². The maximum Gasteiger partial charge on any atom is 0.253 e. The van der Waals surface area contributed by atoms with Crippen LogP contribution >= 0.6 is 0 Å². The van der Waals surface area contributed by atoms with Gasteiger partial charge in [-0.3, -0.25) is 9.59 Å². The second-order valence-corrected chi connectivity index (χ2v) is 7.54. The fourth-order valence-corrected chi connectivity index (χ4v) is 3.32. The molecule has 1 heterocycles. The molecule has 0 spiro atoms. The highest BCUT2D eigenvalue weighted by Gasteiger charge is 2.19. The van der Waals surface area contributed by atoms with Crippen molar-refractivity contribution in [2.75, 3.05) is 25.0 Å². The molecule has 2 aromatic rings. The van der Waals surface area contributed by atoms with Crippen LogP contribution in [0.3, 0.4) is 0 Å². The third-order valence-electron chi connectivity index (χ3n) is 4.70. The minimum Gasteiger partial charge on any atom is -0.491 e. The molecule has 0 aromatic heterocycles. The van der Waals surface area contributed by atoms with Gasteiger partial charge in [-0.1, -0.05) is 18.2 Å². The van der Waals surface area contributed by atoms with Gasteiger partial charge in [-0.15, -0.1) is 0 Å². The van der Waals surface area contributed by atoms with E-state index in [1.165, 1.54) is 0 Å². The van der Waals surface area contributed by atoms with E-state index in [9.17, 15) is 9.59 Å². The van der Waals surface area contributed by atoms with Crippen molar-refractivity contribution in [2.24, 2.45) is 0 Å². The summed E-state index contributed by atoms with van der Waals surface area (Å²) in [4.78, 5) is 26.6. The third kappa shape index (κ3) is 6.32. The number of hydrogen-bond donors (Lipinski definition) is 2. The molecule has 1 saturated heterocycles. The number of anilines is 1. The molecule has 2 N–H and O–H groups in total. The minimum absolute atomic E-state index is 0.0293. The Morgan fingerprint density at radius 2 is 1.79 bits per heavy atom. The van der Waals surface area contributed by atoms with E-state index in [2.05, 4.69) is 10.6 Å². The maximum atomic E-state index is 12.5. The van der Waals surface area contributed by atoms with Crippen LogP contribution in [0.15, 0.2) is 48.5 Å². The summed E-state index contributed by atoms with van der Waals surface area (Å²) in [6, 6.07) is 15.0. The number of nitrogens with one attached hydrogen (secondary N) is 2. The van der Waals surface area contributed by atoms with Gasteiger partial charge in [-0.05, 0) is 62.6 Å².